The zero-order chi connectivity index (χ0) is 15.7. The van der Waals surface area contributed by atoms with Gasteiger partial charge in [-0.1, -0.05) is 18.2 Å². The van der Waals surface area contributed by atoms with E-state index in [4.69, 9.17) is 5.73 Å². The first-order valence-corrected chi connectivity index (χ1v) is 7.57. The van der Waals surface area contributed by atoms with Gasteiger partial charge in [-0.2, -0.15) is 0 Å². The van der Waals surface area contributed by atoms with Crippen molar-refractivity contribution in [3.05, 3.63) is 42.5 Å². The number of nitrogen functional groups attached to an aromatic ring is 1. The van der Waals surface area contributed by atoms with Crippen LogP contribution in [0.5, 0.6) is 0 Å². The van der Waals surface area contributed by atoms with Gasteiger partial charge in [-0.25, -0.2) is 0 Å². The number of nitrogens with one attached hydrogen (secondary N) is 1. The third-order valence-electron chi connectivity index (χ3n) is 4.05. The molecule has 0 aromatic heterocycles. The van der Waals surface area contributed by atoms with Crippen LogP contribution in [0.3, 0.4) is 0 Å². The van der Waals surface area contributed by atoms with Gasteiger partial charge in [-0.15, -0.1) is 0 Å². The lowest BCUT2D eigenvalue weighted by Gasteiger charge is -2.38. The van der Waals surface area contributed by atoms with Crippen LogP contribution in [-0.4, -0.2) is 24.9 Å². The third-order valence-corrected chi connectivity index (χ3v) is 4.05. The van der Waals surface area contributed by atoms with Gasteiger partial charge in [0, 0.05) is 18.3 Å². The summed E-state index contributed by atoms with van der Waals surface area (Å²) in [6, 6.07) is 14.3. The van der Waals surface area contributed by atoms with Crippen molar-refractivity contribution in [3.63, 3.8) is 0 Å². The number of carbonyl (C=O) groups is 1. The maximum Gasteiger partial charge on any atom is 0.144 e. The quantitative estimate of drug-likeness (QED) is 0.674. The number of nitrogens with two attached hydrogens (primary N) is 1. The van der Waals surface area contributed by atoms with E-state index in [9.17, 15) is 4.79 Å². The fourth-order valence-corrected chi connectivity index (χ4v) is 2.91. The molecule has 3 N–H and O–H groups in total. The summed E-state index contributed by atoms with van der Waals surface area (Å²) in [5.74, 6) is 0. The molecule has 4 heteroatoms. The molecule has 0 aliphatic carbocycles. The lowest BCUT2D eigenvalue weighted by Crippen LogP contribution is -2.45. The number of hydrogen-bond acceptors (Lipinski definition) is 4. The second kappa shape index (κ2) is 5.72. The zero-order valence-corrected chi connectivity index (χ0v) is 12.9. The van der Waals surface area contributed by atoms with E-state index in [1.807, 2.05) is 24.3 Å². The highest BCUT2D eigenvalue weighted by atomic mass is 16.1. The summed E-state index contributed by atoms with van der Waals surface area (Å²) < 4.78 is 0. The van der Waals surface area contributed by atoms with Gasteiger partial charge in [-0.3, -0.25) is 0 Å². The Morgan fingerprint density at radius 3 is 2.68 bits per heavy atom. The van der Waals surface area contributed by atoms with E-state index in [0.29, 0.717) is 12.6 Å². The third kappa shape index (κ3) is 2.64. The maximum atomic E-state index is 11.2. The van der Waals surface area contributed by atoms with E-state index in [-0.39, 0.29) is 6.04 Å². The van der Waals surface area contributed by atoms with E-state index in [0.717, 1.165) is 34.5 Å². The highest BCUT2D eigenvalue weighted by Crippen LogP contribution is 2.36. The van der Waals surface area contributed by atoms with Crippen LogP contribution >= 0.6 is 0 Å². The molecule has 1 heterocycles. The first-order valence-electron chi connectivity index (χ1n) is 7.57. The van der Waals surface area contributed by atoms with Gasteiger partial charge in [0.05, 0.1) is 17.4 Å². The summed E-state index contributed by atoms with van der Waals surface area (Å²) >= 11 is 0. The molecular weight excluding hydrogens is 274 g/mol. The summed E-state index contributed by atoms with van der Waals surface area (Å²) in [4.78, 5) is 13.4. The molecule has 0 spiro atoms. The van der Waals surface area contributed by atoms with Crippen molar-refractivity contribution in [2.24, 2.45) is 0 Å². The molecule has 22 heavy (non-hydrogen) atoms. The molecule has 0 fully saturated rings. The van der Waals surface area contributed by atoms with Crippen LogP contribution in [0, 0.1) is 0 Å². The molecule has 0 bridgehead atoms. The number of aldehydes is 1. The number of hydrogen-bond donors (Lipinski definition) is 2. The molecule has 1 aliphatic rings. The van der Waals surface area contributed by atoms with Gasteiger partial charge in [0.2, 0.25) is 0 Å². The lowest BCUT2D eigenvalue weighted by molar-refractivity contribution is -0.108. The minimum absolute atomic E-state index is 0.159. The zero-order valence-electron chi connectivity index (χ0n) is 12.9. The molecule has 0 saturated heterocycles. The van der Waals surface area contributed by atoms with Crippen molar-refractivity contribution in [2.75, 3.05) is 22.5 Å². The predicted octanol–water partition coefficient (Wildman–Crippen LogP) is 3.14. The molecule has 1 aliphatic heterocycles. The Morgan fingerprint density at radius 2 is 2.00 bits per heavy atom. The smallest absolute Gasteiger partial charge is 0.144 e. The highest BCUT2D eigenvalue weighted by molar-refractivity contribution is 5.83. The lowest BCUT2D eigenvalue weighted by atomic mass is 10.0. The van der Waals surface area contributed by atoms with Crippen molar-refractivity contribution in [3.8, 4) is 11.1 Å². The molecule has 3 rings (SSSR count). The molecule has 2 aromatic carbocycles. The Balaban J connectivity index is 2.05. The maximum absolute atomic E-state index is 11.2. The van der Waals surface area contributed by atoms with Crippen molar-refractivity contribution in [1.82, 2.24) is 0 Å². The average molecular weight is 295 g/mol. The first-order chi connectivity index (χ1) is 10.6. The van der Waals surface area contributed by atoms with Crippen LogP contribution in [0.2, 0.25) is 0 Å². The van der Waals surface area contributed by atoms with Gasteiger partial charge in [0.15, 0.2) is 0 Å². The van der Waals surface area contributed by atoms with Gasteiger partial charge in [0.1, 0.15) is 6.29 Å². The summed E-state index contributed by atoms with van der Waals surface area (Å²) in [5.41, 5.74) is 11.0. The molecule has 4 nitrogen and oxygen atoms in total. The van der Waals surface area contributed by atoms with E-state index in [1.54, 1.807) is 0 Å². The van der Waals surface area contributed by atoms with E-state index in [2.05, 4.69) is 42.3 Å². The Kier molecular flexibility index (Phi) is 3.75. The van der Waals surface area contributed by atoms with Crippen LogP contribution in [0.1, 0.15) is 13.8 Å². The molecular formula is C18H21N3O. The van der Waals surface area contributed by atoms with Gasteiger partial charge in [0.25, 0.3) is 0 Å². The Hall–Kier alpha value is -2.49. The molecule has 0 amide bonds. The van der Waals surface area contributed by atoms with Gasteiger partial charge >= 0.3 is 0 Å². The monoisotopic (exact) mass is 295 g/mol. The first kappa shape index (κ1) is 14.4. The minimum Gasteiger partial charge on any atom is -0.399 e. The second-order valence-corrected chi connectivity index (χ2v) is 5.99. The average Bonchev–Trinajstić information content (AvgIpc) is 2.53. The van der Waals surface area contributed by atoms with Crippen molar-refractivity contribution in [2.45, 2.75) is 25.9 Å². The SMILES string of the molecule is CC(C)N1CC(C=O)Nc2ccc(-c3cccc(N)c3)cc21. The van der Waals surface area contributed by atoms with E-state index < -0.39 is 0 Å². The van der Waals surface area contributed by atoms with Crippen LogP contribution < -0.4 is 16.0 Å². The van der Waals surface area contributed by atoms with Crippen molar-refractivity contribution >= 4 is 23.3 Å². The largest absolute Gasteiger partial charge is 0.399 e. The molecule has 1 unspecified atom stereocenters. The second-order valence-electron chi connectivity index (χ2n) is 5.99. The van der Waals surface area contributed by atoms with Gasteiger partial charge < -0.3 is 20.7 Å². The van der Waals surface area contributed by atoms with Crippen LogP contribution in [0.15, 0.2) is 42.5 Å². The predicted molar refractivity (Wildman–Crippen MR) is 92.2 cm³/mol. The molecule has 0 saturated carbocycles. The van der Waals surface area contributed by atoms with Crippen LogP contribution in [0.25, 0.3) is 11.1 Å². The normalized spacial score (nSPS) is 17.0. The number of benzene rings is 2. The number of rotatable bonds is 3. The van der Waals surface area contributed by atoms with E-state index >= 15 is 0 Å². The molecule has 2 aromatic rings. The van der Waals surface area contributed by atoms with E-state index in [1.165, 1.54) is 0 Å². The standard InChI is InChI=1S/C18H21N3O/c1-12(2)21-10-16(11-22)20-17-7-6-14(9-18(17)21)13-4-3-5-15(19)8-13/h3-9,11-12,16,20H,10,19H2,1-2H3. The summed E-state index contributed by atoms with van der Waals surface area (Å²) in [6.07, 6.45) is 0.976. The van der Waals surface area contributed by atoms with Gasteiger partial charge in [-0.05, 0) is 49.2 Å². The number of fused-ring (bicyclic) bond motifs is 1. The Morgan fingerprint density at radius 1 is 1.23 bits per heavy atom. The Bertz CT molecular complexity index is 696. The van der Waals surface area contributed by atoms with Crippen molar-refractivity contribution < 1.29 is 4.79 Å². The fourth-order valence-electron chi connectivity index (χ4n) is 2.91. The van der Waals surface area contributed by atoms with Crippen LogP contribution in [-0.2, 0) is 4.79 Å². The molecule has 114 valence electrons. The fraction of sp³-hybridized carbons (Fsp3) is 0.278. The minimum atomic E-state index is -0.159. The topological polar surface area (TPSA) is 58.4 Å². The summed E-state index contributed by atoms with van der Waals surface area (Å²) in [6.45, 7) is 4.98. The number of nitrogens with zero attached hydrogens (tertiary/aromatic N) is 1. The molecule has 0 radical (unpaired) electrons. The molecule has 1 atom stereocenters. The highest BCUT2D eigenvalue weighted by Gasteiger charge is 2.25. The number of anilines is 3. The van der Waals surface area contributed by atoms with Crippen molar-refractivity contribution in [1.29, 1.82) is 0 Å². The summed E-state index contributed by atoms with van der Waals surface area (Å²) in [5, 5.41) is 3.29. The van der Waals surface area contributed by atoms with Crippen LogP contribution in [0.4, 0.5) is 17.1 Å². The number of carbonyl (C=O) groups excluding carboxylic acids is 1. The Labute approximate surface area is 130 Å². The summed E-state index contributed by atoms with van der Waals surface area (Å²) in [7, 11) is 0.